The van der Waals surface area contributed by atoms with Crippen LogP contribution >= 0.6 is 0 Å². The van der Waals surface area contributed by atoms with Crippen LogP contribution < -0.4 is 5.32 Å². The molecule has 7 heteroatoms. The molecule has 0 aromatic heterocycles. The van der Waals surface area contributed by atoms with Crippen molar-refractivity contribution < 1.29 is 27.9 Å². The summed E-state index contributed by atoms with van der Waals surface area (Å²) in [6.07, 6.45) is -4.01. The van der Waals surface area contributed by atoms with Gasteiger partial charge >= 0.3 is 12.1 Å². The highest BCUT2D eigenvalue weighted by Gasteiger charge is 2.30. The SMILES string of the molecule is CC[C@@H](C)[C@H](NC(=O)Cc1ccc(C(F)(F)F)cc1)C(=O)O. The van der Waals surface area contributed by atoms with Gasteiger partial charge in [0.1, 0.15) is 6.04 Å². The summed E-state index contributed by atoms with van der Waals surface area (Å²) in [6, 6.07) is 3.20. The van der Waals surface area contributed by atoms with Crippen molar-refractivity contribution in [2.75, 3.05) is 0 Å². The maximum atomic E-state index is 12.4. The summed E-state index contributed by atoms with van der Waals surface area (Å²) in [5, 5.41) is 11.5. The number of carboxylic acid groups (broad SMARTS) is 1. The van der Waals surface area contributed by atoms with Crippen LogP contribution in [0.4, 0.5) is 13.2 Å². The third kappa shape index (κ3) is 5.05. The standard InChI is InChI=1S/C15H18F3NO3/c1-3-9(2)13(14(21)22)19-12(20)8-10-4-6-11(7-5-10)15(16,17)18/h4-7,9,13H,3,8H2,1-2H3,(H,19,20)(H,21,22)/t9-,13+/m1/s1. The van der Waals surface area contributed by atoms with Gasteiger partial charge in [-0.2, -0.15) is 13.2 Å². The zero-order valence-electron chi connectivity index (χ0n) is 12.3. The van der Waals surface area contributed by atoms with E-state index in [0.29, 0.717) is 12.0 Å². The summed E-state index contributed by atoms with van der Waals surface area (Å²) in [4.78, 5) is 22.9. The molecule has 1 rings (SSSR count). The summed E-state index contributed by atoms with van der Waals surface area (Å²) in [7, 11) is 0. The number of nitrogens with one attached hydrogen (secondary N) is 1. The van der Waals surface area contributed by atoms with Gasteiger partial charge in [0.2, 0.25) is 5.91 Å². The Hall–Kier alpha value is -2.05. The second-order valence-electron chi connectivity index (χ2n) is 5.14. The molecule has 2 N–H and O–H groups in total. The summed E-state index contributed by atoms with van der Waals surface area (Å²) in [5.74, 6) is -1.91. The quantitative estimate of drug-likeness (QED) is 0.848. The summed E-state index contributed by atoms with van der Waals surface area (Å²) < 4.78 is 37.3. The van der Waals surface area contributed by atoms with E-state index in [1.54, 1.807) is 6.92 Å². The fourth-order valence-electron chi connectivity index (χ4n) is 1.90. The third-order valence-electron chi connectivity index (χ3n) is 3.44. The highest BCUT2D eigenvalue weighted by molar-refractivity contribution is 5.85. The lowest BCUT2D eigenvalue weighted by molar-refractivity contribution is -0.143. The van der Waals surface area contributed by atoms with Gasteiger partial charge in [-0.3, -0.25) is 4.79 Å². The Morgan fingerprint density at radius 2 is 1.77 bits per heavy atom. The van der Waals surface area contributed by atoms with Crippen LogP contribution in [0.15, 0.2) is 24.3 Å². The van der Waals surface area contributed by atoms with Crippen LogP contribution in [0.25, 0.3) is 0 Å². The summed E-state index contributed by atoms with van der Waals surface area (Å²) >= 11 is 0. The van der Waals surface area contributed by atoms with Crippen molar-refractivity contribution in [3.63, 3.8) is 0 Å². The monoisotopic (exact) mass is 317 g/mol. The Morgan fingerprint density at radius 1 is 1.23 bits per heavy atom. The van der Waals surface area contributed by atoms with Gasteiger partial charge in [0, 0.05) is 0 Å². The zero-order chi connectivity index (χ0) is 16.9. The van der Waals surface area contributed by atoms with E-state index in [-0.39, 0.29) is 12.3 Å². The molecule has 122 valence electrons. The average Bonchev–Trinajstić information content (AvgIpc) is 2.43. The molecule has 1 amide bonds. The Bertz CT molecular complexity index is 526. The normalized spacial score (nSPS) is 14.2. The minimum absolute atomic E-state index is 0.168. The maximum Gasteiger partial charge on any atom is 0.416 e. The van der Waals surface area contributed by atoms with Crippen molar-refractivity contribution in [3.8, 4) is 0 Å². The van der Waals surface area contributed by atoms with Crippen LogP contribution in [0.2, 0.25) is 0 Å². The molecule has 0 heterocycles. The van der Waals surface area contributed by atoms with Crippen LogP contribution in [-0.2, 0) is 22.2 Å². The number of aliphatic carboxylic acids is 1. The molecule has 1 aromatic carbocycles. The van der Waals surface area contributed by atoms with Crippen molar-refractivity contribution in [3.05, 3.63) is 35.4 Å². The molecule has 0 saturated carbocycles. The van der Waals surface area contributed by atoms with E-state index in [9.17, 15) is 22.8 Å². The molecule has 0 aliphatic rings. The minimum Gasteiger partial charge on any atom is -0.480 e. The molecular weight excluding hydrogens is 299 g/mol. The number of benzene rings is 1. The number of carbonyl (C=O) groups excluding carboxylic acids is 1. The summed E-state index contributed by atoms with van der Waals surface area (Å²) in [6.45, 7) is 3.51. The number of rotatable bonds is 6. The first-order valence-corrected chi connectivity index (χ1v) is 6.83. The molecule has 0 aliphatic heterocycles. The lowest BCUT2D eigenvalue weighted by atomic mass is 9.99. The molecule has 0 spiro atoms. The second-order valence-corrected chi connectivity index (χ2v) is 5.14. The number of alkyl halides is 3. The van der Waals surface area contributed by atoms with Gasteiger partial charge in [-0.15, -0.1) is 0 Å². The molecule has 2 atom stereocenters. The van der Waals surface area contributed by atoms with Crippen LogP contribution in [0.5, 0.6) is 0 Å². The van der Waals surface area contributed by atoms with Crippen molar-refractivity contribution in [1.82, 2.24) is 5.32 Å². The molecule has 4 nitrogen and oxygen atoms in total. The number of hydrogen-bond donors (Lipinski definition) is 2. The van der Waals surface area contributed by atoms with Gasteiger partial charge in [-0.1, -0.05) is 32.4 Å². The Kier molecular flexibility index (Phi) is 5.96. The average molecular weight is 317 g/mol. The first-order valence-electron chi connectivity index (χ1n) is 6.83. The molecule has 1 aromatic rings. The Balaban J connectivity index is 2.70. The van der Waals surface area contributed by atoms with Gasteiger partial charge in [0.15, 0.2) is 0 Å². The molecule has 0 aliphatic carbocycles. The molecule has 0 radical (unpaired) electrons. The van der Waals surface area contributed by atoms with Crippen molar-refractivity contribution >= 4 is 11.9 Å². The highest BCUT2D eigenvalue weighted by atomic mass is 19.4. The van der Waals surface area contributed by atoms with E-state index >= 15 is 0 Å². The van der Waals surface area contributed by atoms with E-state index in [0.717, 1.165) is 12.1 Å². The molecule has 0 saturated heterocycles. The van der Waals surface area contributed by atoms with E-state index in [2.05, 4.69) is 5.32 Å². The van der Waals surface area contributed by atoms with E-state index in [4.69, 9.17) is 5.11 Å². The largest absolute Gasteiger partial charge is 0.480 e. The minimum atomic E-state index is -4.42. The Morgan fingerprint density at radius 3 is 2.18 bits per heavy atom. The highest BCUT2D eigenvalue weighted by Crippen LogP contribution is 2.29. The number of carbonyl (C=O) groups is 2. The van der Waals surface area contributed by atoms with Crippen LogP contribution in [0.1, 0.15) is 31.4 Å². The third-order valence-corrected chi connectivity index (χ3v) is 3.44. The predicted octanol–water partition coefficient (Wildman–Crippen LogP) is 2.86. The van der Waals surface area contributed by atoms with Crippen LogP contribution in [0, 0.1) is 5.92 Å². The topological polar surface area (TPSA) is 66.4 Å². The van der Waals surface area contributed by atoms with Crippen LogP contribution in [-0.4, -0.2) is 23.0 Å². The van der Waals surface area contributed by atoms with Crippen LogP contribution in [0.3, 0.4) is 0 Å². The number of amides is 1. The molecule has 0 bridgehead atoms. The zero-order valence-corrected chi connectivity index (χ0v) is 12.3. The van der Waals surface area contributed by atoms with Gasteiger partial charge < -0.3 is 10.4 Å². The number of halogens is 3. The Labute approximate surface area is 126 Å². The smallest absolute Gasteiger partial charge is 0.416 e. The van der Waals surface area contributed by atoms with Gasteiger partial charge in [0.05, 0.1) is 12.0 Å². The second kappa shape index (κ2) is 7.29. The molecular formula is C15H18F3NO3. The van der Waals surface area contributed by atoms with Crippen molar-refractivity contribution in [2.45, 2.75) is 38.9 Å². The fraction of sp³-hybridized carbons (Fsp3) is 0.467. The summed E-state index contributed by atoms with van der Waals surface area (Å²) in [5.41, 5.74) is -0.404. The van der Waals surface area contributed by atoms with Gasteiger partial charge in [0.25, 0.3) is 0 Å². The van der Waals surface area contributed by atoms with Gasteiger partial charge in [-0.25, -0.2) is 4.79 Å². The lowest BCUT2D eigenvalue weighted by Crippen LogP contribution is -2.45. The van der Waals surface area contributed by atoms with Gasteiger partial charge in [-0.05, 0) is 23.6 Å². The van der Waals surface area contributed by atoms with E-state index in [1.807, 2.05) is 6.92 Å². The number of carboxylic acids is 1. The first kappa shape index (κ1) is 18.0. The van der Waals surface area contributed by atoms with E-state index in [1.165, 1.54) is 12.1 Å². The van der Waals surface area contributed by atoms with Crippen molar-refractivity contribution in [2.24, 2.45) is 5.92 Å². The maximum absolute atomic E-state index is 12.4. The molecule has 0 fully saturated rings. The number of hydrogen-bond acceptors (Lipinski definition) is 2. The fourth-order valence-corrected chi connectivity index (χ4v) is 1.90. The molecule has 0 unspecified atom stereocenters. The van der Waals surface area contributed by atoms with Crippen molar-refractivity contribution in [1.29, 1.82) is 0 Å². The predicted molar refractivity (Wildman–Crippen MR) is 74.2 cm³/mol. The molecule has 22 heavy (non-hydrogen) atoms. The lowest BCUT2D eigenvalue weighted by Gasteiger charge is -2.20. The van der Waals surface area contributed by atoms with E-state index < -0.39 is 29.7 Å². The first-order chi connectivity index (χ1) is 10.1.